The molecular weight excluding hydrogens is 516 g/mol. The van der Waals surface area contributed by atoms with Crippen molar-refractivity contribution < 1.29 is 28.7 Å². The van der Waals surface area contributed by atoms with Gasteiger partial charge in [0.15, 0.2) is 0 Å². The molecule has 3 heterocycles. The second-order valence-electron chi connectivity index (χ2n) is 10.4. The van der Waals surface area contributed by atoms with Gasteiger partial charge in [-0.05, 0) is 55.5 Å². The zero-order valence-corrected chi connectivity index (χ0v) is 22.8. The molecule has 5 amide bonds. The van der Waals surface area contributed by atoms with E-state index in [0.717, 1.165) is 0 Å². The summed E-state index contributed by atoms with van der Waals surface area (Å²) in [6, 6.07) is 7.13. The van der Waals surface area contributed by atoms with Crippen molar-refractivity contribution >= 4 is 35.2 Å². The number of rotatable bonds is 9. The van der Waals surface area contributed by atoms with Crippen molar-refractivity contribution in [1.82, 2.24) is 20.1 Å². The van der Waals surface area contributed by atoms with E-state index in [1.54, 1.807) is 49.2 Å². The van der Waals surface area contributed by atoms with Crippen LogP contribution in [0, 0.1) is 5.92 Å². The first kappa shape index (κ1) is 28.5. The first-order valence-electron chi connectivity index (χ1n) is 13.2. The fourth-order valence-electron chi connectivity index (χ4n) is 5.38. The summed E-state index contributed by atoms with van der Waals surface area (Å²) in [5.41, 5.74) is 5.27. The molecule has 2 aliphatic heterocycles. The maximum atomic E-state index is 13.7. The Morgan fingerprint density at radius 3 is 2.55 bits per heavy atom. The molecule has 12 heteroatoms. The van der Waals surface area contributed by atoms with Crippen molar-refractivity contribution in [1.29, 1.82) is 0 Å². The number of ether oxygens (including phenoxy) is 1. The Hall–Kier alpha value is -4.48. The van der Waals surface area contributed by atoms with Crippen LogP contribution in [0.2, 0.25) is 0 Å². The van der Waals surface area contributed by atoms with Crippen molar-refractivity contribution in [2.75, 3.05) is 32.1 Å². The highest BCUT2D eigenvalue weighted by Crippen LogP contribution is 2.40. The number of carbonyl (C=O) groups is 5. The fourth-order valence-corrected chi connectivity index (χ4v) is 5.38. The number of hydrogen-bond acceptors (Lipinski definition) is 7. The van der Waals surface area contributed by atoms with Gasteiger partial charge >= 0.3 is 0 Å². The fraction of sp³-hybridized carbons (Fsp3) is 0.429. The Morgan fingerprint density at radius 2 is 1.90 bits per heavy atom. The maximum Gasteiger partial charge on any atom is 0.257 e. The van der Waals surface area contributed by atoms with Crippen LogP contribution >= 0.6 is 0 Å². The van der Waals surface area contributed by atoms with Gasteiger partial charge in [-0.25, -0.2) is 0 Å². The minimum atomic E-state index is -1.06. The molecular formula is C28H34N6O6. The molecule has 1 aromatic heterocycles. The van der Waals surface area contributed by atoms with Crippen LogP contribution in [0.1, 0.15) is 53.8 Å². The number of aromatic nitrogens is 1. The molecule has 2 aromatic rings. The zero-order chi connectivity index (χ0) is 29.0. The van der Waals surface area contributed by atoms with E-state index in [4.69, 9.17) is 10.5 Å². The number of nitrogens with two attached hydrogens (primary N) is 1. The van der Waals surface area contributed by atoms with E-state index in [2.05, 4.69) is 15.6 Å². The summed E-state index contributed by atoms with van der Waals surface area (Å²) in [6.45, 7) is 3.98. The van der Waals surface area contributed by atoms with Gasteiger partial charge < -0.3 is 30.9 Å². The summed E-state index contributed by atoms with van der Waals surface area (Å²) in [4.78, 5) is 71.4. The van der Waals surface area contributed by atoms with Gasteiger partial charge in [-0.15, -0.1) is 0 Å². The van der Waals surface area contributed by atoms with E-state index in [1.807, 2.05) is 0 Å². The van der Waals surface area contributed by atoms with Gasteiger partial charge in [0.2, 0.25) is 17.7 Å². The van der Waals surface area contributed by atoms with Gasteiger partial charge in [0.25, 0.3) is 11.8 Å². The first-order chi connectivity index (χ1) is 19.1. The normalized spacial score (nSPS) is 19.1. The van der Waals surface area contributed by atoms with E-state index in [1.165, 1.54) is 24.3 Å². The minimum Gasteiger partial charge on any atom is -0.495 e. The Morgan fingerprint density at radius 1 is 1.12 bits per heavy atom. The molecule has 4 rings (SSSR count). The number of nitrogens with one attached hydrogen (secondary N) is 2. The van der Waals surface area contributed by atoms with Gasteiger partial charge in [-0.3, -0.25) is 29.0 Å². The number of benzene rings is 1. The van der Waals surface area contributed by atoms with E-state index in [9.17, 15) is 24.0 Å². The number of likely N-dealkylation sites (tertiary alicyclic amines) is 2. The molecule has 1 spiro atoms. The third kappa shape index (κ3) is 5.61. The van der Waals surface area contributed by atoms with Gasteiger partial charge in [0, 0.05) is 31.0 Å². The molecule has 0 bridgehead atoms. The minimum absolute atomic E-state index is 0.200. The maximum absolute atomic E-state index is 13.7. The van der Waals surface area contributed by atoms with Crippen LogP contribution in [-0.2, 0) is 14.4 Å². The Balaban J connectivity index is 1.50. The summed E-state index contributed by atoms with van der Waals surface area (Å²) in [7, 11) is 1.46. The molecule has 4 N–H and O–H groups in total. The van der Waals surface area contributed by atoms with Crippen molar-refractivity contribution in [2.24, 2.45) is 11.7 Å². The third-order valence-electron chi connectivity index (χ3n) is 7.46. The van der Waals surface area contributed by atoms with E-state index in [0.29, 0.717) is 49.4 Å². The van der Waals surface area contributed by atoms with Crippen LogP contribution in [0.25, 0.3) is 0 Å². The second-order valence-corrected chi connectivity index (χ2v) is 10.4. The number of nitrogens with zero attached hydrogens (tertiary/aromatic N) is 3. The lowest BCUT2D eigenvalue weighted by Crippen LogP contribution is -2.54. The summed E-state index contributed by atoms with van der Waals surface area (Å²) >= 11 is 0. The van der Waals surface area contributed by atoms with E-state index >= 15 is 0 Å². The molecule has 2 fully saturated rings. The number of anilines is 1. The summed E-state index contributed by atoms with van der Waals surface area (Å²) in [5, 5.41) is 5.37. The first-order valence-corrected chi connectivity index (χ1v) is 13.2. The standard InChI is InChI=1S/C28H34N6O6/c1-17(2)23(24(29)36)32-22(35)16-33-13-10-28(27(33)39)9-5-12-34(28)26(38)18-7-8-21(40-3)20(14-18)31-25(37)19-6-4-11-30-15-19/h4,6-8,11,14-15,17,23H,5,9-10,12-13,16H2,1-3H3,(H2,29,36)(H,31,37)(H,32,35)/t23-,28+/m0/s1. The zero-order valence-electron chi connectivity index (χ0n) is 22.8. The molecule has 12 nitrogen and oxygen atoms in total. The molecule has 40 heavy (non-hydrogen) atoms. The van der Waals surface area contributed by atoms with Crippen LogP contribution in [0.3, 0.4) is 0 Å². The van der Waals surface area contributed by atoms with Gasteiger partial charge in [0.1, 0.15) is 17.3 Å². The lowest BCUT2D eigenvalue weighted by atomic mass is 9.93. The molecule has 0 saturated carbocycles. The third-order valence-corrected chi connectivity index (χ3v) is 7.46. The molecule has 0 aliphatic carbocycles. The van der Waals surface area contributed by atoms with Crippen LogP contribution in [0.4, 0.5) is 5.69 Å². The average molecular weight is 551 g/mol. The summed E-state index contributed by atoms with van der Waals surface area (Å²) < 4.78 is 5.38. The van der Waals surface area contributed by atoms with E-state index in [-0.39, 0.29) is 29.8 Å². The molecule has 212 valence electrons. The quantitative estimate of drug-likeness (QED) is 0.422. The summed E-state index contributed by atoms with van der Waals surface area (Å²) in [6.07, 6.45) is 4.49. The van der Waals surface area contributed by atoms with Crippen LogP contribution in [0.5, 0.6) is 5.75 Å². The van der Waals surface area contributed by atoms with Crippen molar-refractivity contribution in [3.63, 3.8) is 0 Å². The number of primary amides is 1. The number of amides is 5. The highest BCUT2D eigenvalue weighted by molar-refractivity contribution is 6.06. The van der Waals surface area contributed by atoms with E-state index < -0.39 is 29.3 Å². The van der Waals surface area contributed by atoms with Crippen molar-refractivity contribution in [2.45, 2.75) is 44.7 Å². The van der Waals surface area contributed by atoms with Crippen LogP contribution in [-0.4, -0.2) is 82.6 Å². The Kier molecular flexibility index (Phi) is 8.36. The molecule has 0 radical (unpaired) electrons. The highest BCUT2D eigenvalue weighted by Gasteiger charge is 2.55. The lowest BCUT2D eigenvalue weighted by Gasteiger charge is -2.33. The predicted molar refractivity (Wildman–Crippen MR) is 145 cm³/mol. The average Bonchev–Trinajstić information content (AvgIpc) is 3.50. The monoisotopic (exact) mass is 550 g/mol. The molecule has 0 unspecified atom stereocenters. The largest absolute Gasteiger partial charge is 0.495 e. The van der Waals surface area contributed by atoms with Gasteiger partial charge in [-0.1, -0.05) is 13.8 Å². The smallest absolute Gasteiger partial charge is 0.257 e. The Bertz CT molecular complexity index is 1320. The van der Waals surface area contributed by atoms with Crippen molar-refractivity contribution in [3.05, 3.63) is 53.9 Å². The lowest BCUT2D eigenvalue weighted by molar-refractivity contribution is -0.139. The van der Waals surface area contributed by atoms with Gasteiger partial charge in [-0.2, -0.15) is 0 Å². The highest BCUT2D eigenvalue weighted by atomic mass is 16.5. The molecule has 2 aliphatic rings. The van der Waals surface area contributed by atoms with Crippen LogP contribution < -0.4 is 21.1 Å². The number of carbonyl (C=O) groups excluding carboxylic acids is 5. The molecule has 1 aromatic carbocycles. The number of hydrogen-bond donors (Lipinski definition) is 3. The molecule has 2 saturated heterocycles. The predicted octanol–water partition coefficient (Wildman–Crippen LogP) is 1.18. The van der Waals surface area contributed by atoms with Crippen LogP contribution in [0.15, 0.2) is 42.7 Å². The Labute approximate surface area is 232 Å². The SMILES string of the molecule is COc1ccc(C(=O)N2CCC[C@]23CCN(CC(=O)N[C@H](C(N)=O)C(C)C)C3=O)cc1NC(=O)c1cccnc1. The van der Waals surface area contributed by atoms with Crippen molar-refractivity contribution in [3.8, 4) is 5.75 Å². The topological polar surface area (TPSA) is 164 Å². The second kappa shape index (κ2) is 11.7. The summed E-state index contributed by atoms with van der Waals surface area (Å²) in [5.74, 6) is -2.02. The molecule has 2 atom stereocenters. The number of methoxy groups -OCH3 is 1. The van der Waals surface area contributed by atoms with Gasteiger partial charge in [0.05, 0.1) is 24.9 Å². The number of pyridine rings is 1.